The molecule has 5 amide bonds. The molecule has 0 bridgehead atoms. The van der Waals surface area contributed by atoms with Crippen LogP contribution in [0, 0.1) is 11.7 Å². The van der Waals surface area contributed by atoms with Crippen LogP contribution in [0.25, 0.3) is 0 Å². The molecule has 6 heterocycles. The van der Waals surface area contributed by atoms with Crippen molar-refractivity contribution >= 4 is 64.1 Å². The number of ether oxygens (including phenoxy) is 1. The Labute approximate surface area is 356 Å². The van der Waals surface area contributed by atoms with E-state index in [4.69, 9.17) is 4.74 Å². The molecule has 19 heteroatoms. The number of nitrogens with one attached hydrogen (secondary N) is 2. The lowest BCUT2D eigenvalue weighted by Gasteiger charge is -2.40. The number of carbonyl (C=O) groups is 5. The number of amides is 5. The van der Waals surface area contributed by atoms with Gasteiger partial charge in [0, 0.05) is 77.5 Å². The summed E-state index contributed by atoms with van der Waals surface area (Å²) in [7, 11) is 2.77. The number of piperazine rings is 1. The predicted octanol–water partition coefficient (Wildman–Crippen LogP) is 4.17. The molecule has 4 fully saturated rings. The van der Waals surface area contributed by atoms with E-state index in [9.17, 15) is 24.0 Å². The molecule has 0 radical (unpaired) electrons. The summed E-state index contributed by atoms with van der Waals surface area (Å²) >= 11 is 0. The second kappa shape index (κ2) is 16.4. The van der Waals surface area contributed by atoms with Crippen molar-refractivity contribution in [3.05, 3.63) is 53.5 Å². The summed E-state index contributed by atoms with van der Waals surface area (Å²) in [6, 6.07) is 6.94. The largest absolute Gasteiger partial charge is 0.494 e. The number of alkyl halides is 2. The fraction of sp³-hybridized carbons (Fsp3) is 0.512. The minimum absolute atomic E-state index is 0.0533. The first kappa shape index (κ1) is 41.4. The van der Waals surface area contributed by atoms with Gasteiger partial charge in [0.25, 0.3) is 17.7 Å². The maximum atomic E-state index is 16.0. The molecule has 16 nitrogen and oxygen atoms in total. The molecular weight excluding hydrogens is 810 g/mol. The van der Waals surface area contributed by atoms with E-state index >= 15 is 13.2 Å². The Bertz CT molecular complexity index is 2310. The van der Waals surface area contributed by atoms with Crippen molar-refractivity contribution in [3.63, 3.8) is 0 Å². The van der Waals surface area contributed by atoms with Crippen LogP contribution in [-0.2, 0) is 14.4 Å². The first-order valence-corrected chi connectivity index (χ1v) is 21.3. The Morgan fingerprint density at radius 2 is 1.61 bits per heavy atom. The minimum Gasteiger partial charge on any atom is -0.494 e. The maximum absolute atomic E-state index is 16.0. The molecule has 6 aliphatic rings. The van der Waals surface area contributed by atoms with Crippen LogP contribution in [0.4, 0.5) is 47.7 Å². The highest BCUT2D eigenvalue weighted by Crippen LogP contribution is 2.41. The van der Waals surface area contributed by atoms with E-state index in [-0.39, 0.29) is 47.6 Å². The second-order valence-electron chi connectivity index (χ2n) is 17.0. The summed E-state index contributed by atoms with van der Waals surface area (Å²) in [5.41, 5.74) is 2.07. The number of carbonyl (C=O) groups excluding carboxylic acids is 5. The van der Waals surface area contributed by atoms with E-state index in [0.29, 0.717) is 67.6 Å². The number of methoxy groups -OCH3 is 1. The third kappa shape index (κ3) is 7.53. The molecule has 328 valence electrons. The molecule has 0 spiro atoms. The second-order valence-corrected chi connectivity index (χ2v) is 17.0. The predicted molar refractivity (Wildman–Crippen MR) is 223 cm³/mol. The van der Waals surface area contributed by atoms with Gasteiger partial charge in [0.1, 0.15) is 23.3 Å². The van der Waals surface area contributed by atoms with Crippen LogP contribution < -0.4 is 35.0 Å². The van der Waals surface area contributed by atoms with Crippen molar-refractivity contribution in [2.75, 3.05) is 91.4 Å². The van der Waals surface area contributed by atoms with E-state index in [1.807, 2.05) is 11.0 Å². The number of fused-ring (bicyclic) bond motifs is 2. The fourth-order valence-electron chi connectivity index (χ4n) is 9.93. The SMILES string of the molecule is COc1cc(N2CCC(CN3CCN(c4cccc5c4C(=O)N(C4CCC(=O)NC4=O)C5=O)CC3)CC2)c(F)cc1Nc1ncc2c(n1)N(C1CCCC1)CC(F)(F)C(=O)N2C. The Kier molecular flexibility index (Phi) is 10.9. The van der Waals surface area contributed by atoms with E-state index in [2.05, 4.69) is 30.4 Å². The van der Waals surface area contributed by atoms with Crippen molar-refractivity contribution in [1.29, 1.82) is 0 Å². The van der Waals surface area contributed by atoms with Crippen LogP contribution in [0.15, 0.2) is 36.5 Å². The molecule has 9 rings (SSSR count). The van der Waals surface area contributed by atoms with Crippen molar-refractivity contribution in [2.24, 2.45) is 5.92 Å². The number of benzene rings is 2. The molecule has 3 saturated heterocycles. The highest BCUT2D eigenvalue weighted by atomic mass is 19.3. The number of hydrogen-bond donors (Lipinski definition) is 2. The number of imide groups is 2. The van der Waals surface area contributed by atoms with Crippen molar-refractivity contribution in [3.8, 4) is 5.75 Å². The molecule has 1 atom stereocenters. The summed E-state index contributed by atoms with van der Waals surface area (Å²) in [4.78, 5) is 82.9. The molecule has 62 heavy (non-hydrogen) atoms. The molecule has 1 aromatic heterocycles. The Morgan fingerprint density at radius 3 is 2.32 bits per heavy atom. The van der Waals surface area contributed by atoms with Gasteiger partial charge in [-0.25, -0.2) is 9.37 Å². The van der Waals surface area contributed by atoms with Crippen molar-refractivity contribution < 1.29 is 41.9 Å². The summed E-state index contributed by atoms with van der Waals surface area (Å²) in [5, 5.41) is 5.27. The third-order valence-electron chi connectivity index (χ3n) is 13.3. The average Bonchev–Trinajstić information content (AvgIpc) is 3.88. The number of nitrogens with zero attached hydrogens (tertiary/aromatic N) is 8. The van der Waals surface area contributed by atoms with Gasteiger partial charge in [-0.1, -0.05) is 18.9 Å². The number of anilines is 6. The van der Waals surface area contributed by atoms with E-state index < -0.39 is 53.9 Å². The lowest BCUT2D eigenvalue weighted by Crippen LogP contribution is -2.54. The number of aromatic nitrogens is 2. The third-order valence-corrected chi connectivity index (χ3v) is 13.3. The molecule has 5 aliphatic heterocycles. The quantitative estimate of drug-likeness (QED) is 0.295. The van der Waals surface area contributed by atoms with Crippen molar-refractivity contribution in [1.82, 2.24) is 25.1 Å². The fourth-order valence-corrected chi connectivity index (χ4v) is 9.93. The first-order chi connectivity index (χ1) is 29.8. The molecular formula is C43H49F3N10O6. The van der Waals surface area contributed by atoms with E-state index in [1.165, 1.54) is 31.3 Å². The average molecular weight is 859 g/mol. The Hall–Kier alpha value is -5.98. The topological polar surface area (TPSA) is 164 Å². The summed E-state index contributed by atoms with van der Waals surface area (Å²) in [6.45, 7) is 4.12. The van der Waals surface area contributed by atoms with Crippen LogP contribution in [0.5, 0.6) is 5.75 Å². The molecule has 2 N–H and O–H groups in total. The number of rotatable bonds is 9. The van der Waals surface area contributed by atoms with Crippen LogP contribution in [0.2, 0.25) is 0 Å². The molecule has 1 unspecified atom stereocenters. The Balaban J connectivity index is 0.816. The maximum Gasteiger partial charge on any atom is 0.342 e. The van der Waals surface area contributed by atoms with Crippen LogP contribution in [0.3, 0.4) is 0 Å². The molecule has 3 aromatic rings. The smallest absolute Gasteiger partial charge is 0.342 e. The highest BCUT2D eigenvalue weighted by molar-refractivity contribution is 6.25. The number of halogens is 3. The van der Waals surface area contributed by atoms with E-state index in [0.717, 1.165) is 55.1 Å². The number of hydrogen-bond acceptors (Lipinski definition) is 13. The lowest BCUT2D eigenvalue weighted by molar-refractivity contribution is -0.140. The van der Waals surface area contributed by atoms with Crippen molar-refractivity contribution in [2.45, 2.75) is 69.4 Å². The minimum atomic E-state index is -3.61. The molecule has 1 saturated carbocycles. The standard InChI is InChI=1S/C43H49F3N10O6/c1-51-33-22-47-42(50-37(33)55(26-6-3-4-7-26)24-43(45,46)41(51)61)48-29-20-28(44)32(21-34(29)62-2)53-14-12-25(13-15-53)23-52-16-18-54(19-17-52)30-9-5-8-27-36(30)40(60)56(39(27)59)31-10-11-35(57)49-38(31)58/h5,8-9,20-22,25-26,31H,3-4,6-7,10-19,23-24H2,1-2H3,(H,47,48,50)(H,49,57,58). The monoisotopic (exact) mass is 858 g/mol. The zero-order valence-corrected chi connectivity index (χ0v) is 34.7. The first-order valence-electron chi connectivity index (χ1n) is 21.3. The van der Waals surface area contributed by atoms with E-state index in [1.54, 1.807) is 18.2 Å². The lowest BCUT2D eigenvalue weighted by atomic mass is 9.95. The Morgan fingerprint density at radius 1 is 0.887 bits per heavy atom. The van der Waals surface area contributed by atoms with Gasteiger partial charge in [0.05, 0.1) is 48.0 Å². The van der Waals surface area contributed by atoms with Gasteiger partial charge >= 0.3 is 5.92 Å². The van der Waals surface area contributed by atoms with Gasteiger partial charge in [-0.15, -0.1) is 0 Å². The highest BCUT2D eigenvalue weighted by Gasteiger charge is 2.49. The zero-order chi connectivity index (χ0) is 43.4. The summed E-state index contributed by atoms with van der Waals surface area (Å²) in [6.07, 6.45) is 6.39. The van der Waals surface area contributed by atoms with Crippen LogP contribution in [-0.4, -0.2) is 134 Å². The van der Waals surface area contributed by atoms with Gasteiger partial charge in [0.2, 0.25) is 17.8 Å². The van der Waals surface area contributed by atoms with Gasteiger partial charge in [-0.2, -0.15) is 13.8 Å². The van der Waals surface area contributed by atoms with Crippen LogP contribution >= 0.6 is 0 Å². The van der Waals surface area contributed by atoms with Gasteiger partial charge in [-0.3, -0.25) is 39.1 Å². The zero-order valence-electron chi connectivity index (χ0n) is 34.7. The summed E-state index contributed by atoms with van der Waals surface area (Å²) in [5.74, 6) is -6.48. The molecule has 2 aromatic carbocycles. The van der Waals surface area contributed by atoms with Gasteiger partial charge in [0.15, 0.2) is 5.82 Å². The van der Waals surface area contributed by atoms with Gasteiger partial charge < -0.3 is 29.7 Å². The normalized spacial score (nSPS) is 22.6. The molecule has 1 aliphatic carbocycles. The van der Waals surface area contributed by atoms with Crippen LogP contribution in [0.1, 0.15) is 72.1 Å². The summed E-state index contributed by atoms with van der Waals surface area (Å²) < 4.78 is 51.8. The van der Waals surface area contributed by atoms with Gasteiger partial charge in [-0.05, 0) is 50.2 Å². The number of piperidine rings is 2.